The smallest absolute Gasteiger partial charge is 0.322 e. The lowest BCUT2D eigenvalue weighted by Gasteiger charge is -2.24. The van der Waals surface area contributed by atoms with E-state index in [4.69, 9.17) is 4.74 Å². The standard InChI is InChI=1S/C22H29NO3/c1-4-7-14-23(15-8-5-2)18-12-10-17(11-13-18)16-20-21(24)19(9-6-3)22(25)26-20/h6,10-13,16,19H,3-5,7-9,14-15H2,1-2H3. The largest absolute Gasteiger partial charge is 0.422 e. The van der Waals surface area contributed by atoms with Crippen LogP contribution in [-0.2, 0) is 14.3 Å². The number of rotatable bonds is 10. The van der Waals surface area contributed by atoms with Gasteiger partial charge in [0.15, 0.2) is 5.76 Å². The van der Waals surface area contributed by atoms with Gasteiger partial charge in [0.1, 0.15) is 5.92 Å². The number of benzene rings is 1. The summed E-state index contributed by atoms with van der Waals surface area (Å²) in [5, 5.41) is 0. The van der Waals surface area contributed by atoms with Gasteiger partial charge >= 0.3 is 5.97 Å². The Kier molecular flexibility index (Phi) is 7.64. The maximum absolute atomic E-state index is 12.3. The molecular weight excluding hydrogens is 326 g/mol. The molecule has 1 aliphatic heterocycles. The first kappa shape index (κ1) is 20.0. The fourth-order valence-electron chi connectivity index (χ4n) is 2.98. The molecule has 1 atom stereocenters. The van der Waals surface area contributed by atoms with Crippen LogP contribution in [-0.4, -0.2) is 24.8 Å². The monoisotopic (exact) mass is 355 g/mol. The van der Waals surface area contributed by atoms with E-state index < -0.39 is 11.9 Å². The van der Waals surface area contributed by atoms with Crippen molar-refractivity contribution < 1.29 is 14.3 Å². The third-order valence-electron chi connectivity index (χ3n) is 4.58. The first-order chi connectivity index (χ1) is 12.6. The number of ether oxygens (including phenoxy) is 1. The van der Waals surface area contributed by atoms with Crippen molar-refractivity contribution in [1.29, 1.82) is 0 Å². The number of allylic oxidation sites excluding steroid dienone is 2. The van der Waals surface area contributed by atoms with Crippen LogP contribution in [0.25, 0.3) is 6.08 Å². The number of hydrogen-bond donors (Lipinski definition) is 0. The van der Waals surface area contributed by atoms with Gasteiger partial charge in [-0.05, 0) is 43.0 Å². The Balaban J connectivity index is 2.11. The second-order valence-corrected chi connectivity index (χ2v) is 6.66. The number of Topliss-reactive ketones (excluding diaryl/α,β-unsaturated/α-hetero) is 1. The van der Waals surface area contributed by atoms with Crippen LogP contribution in [0.2, 0.25) is 0 Å². The Morgan fingerprint density at radius 1 is 1.08 bits per heavy atom. The predicted molar refractivity (Wildman–Crippen MR) is 106 cm³/mol. The van der Waals surface area contributed by atoms with Gasteiger partial charge in [0.25, 0.3) is 0 Å². The van der Waals surface area contributed by atoms with Crippen LogP contribution in [0, 0.1) is 5.92 Å². The third kappa shape index (κ3) is 5.07. The molecule has 1 aromatic carbocycles. The minimum atomic E-state index is -0.739. The van der Waals surface area contributed by atoms with Gasteiger partial charge in [-0.25, -0.2) is 0 Å². The quantitative estimate of drug-likeness (QED) is 0.263. The second-order valence-electron chi connectivity index (χ2n) is 6.66. The van der Waals surface area contributed by atoms with Gasteiger partial charge in [0, 0.05) is 18.8 Å². The number of unbranched alkanes of at least 4 members (excludes halogenated alkanes) is 2. The van der Waals surface area contributed by atoms with Crippen molar-refractivity contribution in [3.63, 3.8) is 0 Å². The summed E-state index contributed by atoms with van der Waals surface area (Å²) in [6, 6.07) is 8.07. The van der Waals surface area contributed by atoms with E-state index in [-0.39, 0.29) is 11.5 Å². The highest BCUT2D eigenvalue weighted by atomic mass is 16.5. The predicted octanol–water partition coefficient (Wildman–Crippen LogP) is 4.75. The molecule has 0 amide bonds. The average molecular weight is 355 g/mol. The molecule has 0 saturated carbocycles. The molecule has 0 aliphatic carbocycles. The van der Waals surface area contributed by atoms with Crippen molar-refractivity contribution in [2.75, 3.05) is 18.0 Å². The van der Waals surface area contributed by atoms with Gasteiger partial charge in [-0.3, -0.25) is 9.59 Å². The van der Waals surface area contributed by atoms with Gasteiger partial charge in [-0.2, -0.15) is 0 Å². The molecular formula is C22H29NO3. The molecule has 1 saturated heterocycles. The van der Waals surface area contributed by atoms with E-state index in [1.54, 1.807) is 12.2 Å². The zero-order valence-electron chi connectivity index (χ0n) is 15.9. The Labute approximate surface area is 156 Å². The maximum atomic E-state index is 12.3. The molecule has 1 aromatic rings. The lowest BCUT2D eigenvalue weighted by Crippen LogP contribution is -2.25. The van der Waals surface area contributed by atoms with Crippen molar-refractivity contribution in [2.24, 2.45) is 5.92 Å². The normalized spacial score (nSPS) is 18.2. The highest BCUT2D eigenvalue weighted by Gasteiger charge is 2.38. The first-order valence-corrected chi connectivity index (χ1v) is 9.54. The summed E-state index contributed by atoms with van der Waals surface area (Å²) >= 11 is 0. The Morgan fingerprint density at radius 3 is 2.23 bits per heavy atom. The molecule has 2 rings (SSSR count). The molecule has 1 fully saturated rings. The van der Waals surface area contributed by atoms with Crippen LogP contribution in [0.5, 0.6) is 0 Å². The molecule has 0 aromatic heterocycles. The van der Waals surface area contributed by atoms with Crippen molar-refractivity contribution in [2.45, 2.75) is 46.0 Å². The number of carbonyl (C=O) groups is 2. The number of esters is 1. The van der Waals surface area contributed by atoms with Gasteiger partial charge in [-0.15, -0.1) is 6.58 Å². The average Bonchev–Trinajstić information content (AvgIpc) is 2.90. The van der Waals surface area contributed by atoms with E-state index in [0.29, 0.717) is 6.42 Å². The molecule has 1 heterocycles. The van der Waals surface area contributed by atoms with Gasteiger partial charge in [0.2, 0.25) is 5.78 Å². The summed E-state index contributed by atoms with van der Waals surface area (Å²) in [7, 11) is 0. The van der Waals surface area contributed by atoms with Crippen LogP contribution in [0.15, 0.2) is 42.7 Å². The van der Waals surface area contributed by atoms with Gasteiger partial charge in [0.05, 0.1) is 0 Å². The zero-order valence-corrected chi connectivity index (χ0v) is 15.9. The highest BCUT2D eigenvalue weighted by molar-refractivity contribution is 6.15. The fraction of sp³-hybridized carbons (Fsp3) is 0.455. The summed E-state index contributed by atoms with van der Waals surface area (Å²) in [5.41, 5.74) is 2.04. The molecule has 1 unspecified atom stereocenters. The number of ketones is 1. The number of hydrogen-bond acceptors (Lipinski definition) is 4. The summed E-state index contributed by atoms with van der Waals surface area (Å²) in [6.07, 6.45) is 8.23. The van der Waals surface area contributed by atoms with Crippen LogP contribution in [0.3, 0.4) is 0 Å². The minimum absolute atomic E-state index is 0.128. The van der Waals surface area contributed by atoms with E-state index in [2.05, 4.69) is 37.5 Å². The van der Waals surface area contributed by atoms with Crippen molar-refractivity contribution in [3.05, 3.63) is 48.2 Å². The molecule has 0 N–H and O–H groups in total. The Bertz CT molecular complexity index is 652. The van der Waals surface area contributed by atoms with E-state index in [9.17, 15) is 9.59 Å². The molecule has 0 radical (unpaired) electrons. The summed E-state index contributed by atoms with van der Waals surface area (Å²) < 4.78 is 5.14. The van der Waals surface area contributed by atoms with Crippen molar-refractivity contribution >= 4 is 23.5 Å². The second kappa shape index (κ2) is 9.95. The van der Waals surface area contributed by atoms with E-state index >= 15 is 0 Å². The van der Waals surface area contributed by atoms with E-state index in [0.717, 1.165) is 18.7 Å². The van der Waals surface area contributed by atoms with E-state index in [1.807, 2.05) is 12.1 Å². The number of anilines is 1. The summed E-state index contributed by atoms with van der Waals surface area (Å²) in [4.78, 5) is 26.4. The fourth-order valence-corrected chi connectivity index (χ4v) is 2.98. The van der Waals surface area contributed by atoms with Crippen LogP contribution in [0.4, 0.5) is 5.69 Å². The SMILES string of the molecule is C=CCC1C(=O)OC(=Cc2ccc(N(CCCC)CCCC)cc2)C1=O. The van der Waals surface area contributed by atoms with Crippen LogP contribution >= 0.6 is 0 Å². The molecule has 1 aliphatic rings. The molecule has 26 heavy (non-hydrogen) atoms. The topological polar surface area (TPSA) is 46.6 Å². The lowest BCUT2D eigenvalue weighted by atomic mass is 10.0. The molecule has 0 bridgehead atoms. The first-order valence-electron chi connectivity index (χ1n) is 9.54. The highest BCUT2D eigenvalue weighted by Crippen LogP contribution is 2.26. The molecule has 4 heteroatoms. The lowest BCUT2D eigenvalue weighted by molar-refractivity contribution is -0.139. The van der Waals surface area contributed by atoms with E-state index in [1.165, 1.54) is 31.4 Å². The van der Waals surface area contributed by atoms with Crippen molar-refractivity contribution in [3.8, 4) is 0 Å². The van der Waals surface area contributed by atoms with Crippen molar-refractivity contribution in [1.82, 2.24) is 0 Å². The molecule has 4 nitrogen and oxygen atoms in total. The van der Waals surface area contributed by atoms with Crippen LogP contribution < -0.4 is 4.90 Å². The Morgan fingerprint density at radius 2 is 1.69 bits per heavy atom. The van der Waals surface area contributed by atoms with Gasteiger partial charge in [-0.1, -0.05) is 44.9 Å². The minimum Gasteiger partial charge on any atom is -0.422 e. The number of cyclic esters (lactones) is 1. The molecule has 140 valence electrons. The van der Waals surface area contributed by atoms with Gasteiger partial charge < -0.3 is 9.64 Å². The summed E-state index contributed by atoms with van der Waals surface area (Å²) in [6.45, 7) is 10.1. The number of nitrogens with zero attached hydrogens (tertiary/aromatic N) is 1. The Hall–Kier alpha value is -2.36. The molecule has 0 spiro atoms. The van der Waals surface area contributed by atoms with Crippen LogP contribution in [0.1, 0.15) is 51.5 Å². The summed E-state index contributed by atoms with van der Waals surface area (Å²) in [5.74, 6) is -1.35. The number of carbonyl (C=O) groups excluding carboxylic acids is 2. The third-order valence-corrected chi connectivity index (χ3v) is 4.58. The maximum Gasteiger partial charge on any atom is 0.322 e. The zero-order chi connectivity index (χ0) is 18.9.